The number of methoxy groups -OCH3 is 1. The molecule has 0 aliphatic carbocycles. The standard InChI is InChI=1S/C25H36N4O3/c1-5-32-16-6-15-26-25(28-18-21-9-13-23(31-4)14-10-21)27-17-20-7-11-22(12-8-20)29-24(30)19(2)3/h7-14,19H,5-6,15-18H2,1-4H3,(H,29,30)(H2,26,27,28). The van der Waals surface area contributed by atoms with Gasteiger partial charge in [0.25, 0.3) is 0 Å². The predicted molar refractivity (Wildman–Crippen MR) is 130 cm³/mol. The minimum Gasteiger partial charge on any atom is -0.497 e. The molecule has 7 heteroatoms. The van der Waals surface area contributed by atoms with E-state index in [0.717, 1.165) is 54.7 Å². The molecule has 0 atom stereocenters. The number of benzene rings is 2. The molecular weight excluding hydrogens is 404 g/mol. The summed E-state index contributed by atoms with van der Waals surface area (Å²) in [5, 5.41) is 9.66. The van der Waals surface area contributed by atoms with Crippen LogP contribution in [0.2, 0.25) is 0 Å². The number of nitrogens with zero attached hydrogens (tertiary/aromatic N) is 1. The van der Waals surface area contributed by atoms with Gasteiger partial charge in [-0.2, -0.15) is 0 Å². The maximum absolute atomic E-state index is 11.8. The molecule has 0 saturated carbocycles. The number of ether oxygens (including phenoxy) is 2. The number of aliphatic imine (C=N–C) groups is 1. The number of carbonyl (C=O) groups excluding carboxylic acids is 1. The number of carbonyl (C=O) groups is 1. The quantitative estimate of drug-likeness (QED) is 0.264. The van der Waals surface area contributed by atoms with Crippen molar-refractivity contribution in [2.75, 3.05) is 32.2 Å². The highest BCUT2D eigenvalue weighted by Crippen LogP contribution is 2.12. The highest BCUT2D eigenvalue weighted by atomic mass is 16.5. The monoisotopic (exact) mass is 440 g/mol. The third kappa shape index (κ3) is 9.39. The topological polar surface area (TPSA) is 84.0 Å². The molecule has 0 aromatic heterocycles. The number of rotatable bonds is 12. The van der Waals surface area contributed by atoms with Crippen LogP contribution in [0.5, 0.6) is 5.75 Å². The van der Waals surface area contributed by atoms with E-state index in [-0.39, 0.29) is 11.8 Å². The fourth-order valence-corrected chi connectivity index (χ4v) is 2.78. The van der Waals surface area contributed by atoms with Gasteiger partial charge in [0.1, 0.15) is 5.75 Å². The minimum absolute atomic E-state index is 0.0140. The molecule has 0 aliphatic rings. The Morgan fingerprint density at radius 2 is 1.69 bits per heavy atom. The van der Waals surface area contributed by atoms with E-state index in [1.165, 1.54) is 0 Å². The van der Waals surface area contributed by atoms with Crippen molar-refractivity contribution >= 4 is 17.6 Å². The van der Waals surface area contributed by atoms with Crippen molar-refractivity contribution in [2.24, 2.45) is 10.9 Å². The highest BCUT2D eigenvalue weighted by Gasteiger charge is 2.07. The van der Waals surface area contributed by atoms with Crippen LogP contribution in [-0.2, 0) is 22.6 Å². The smallest absolute Gasteiger partial charge is 0.226 e. The Labute approximate surface area is 191 Å². The molecular formula is C25H36N4O3. The first kappa shape index (κ1) is 25.2. The number of anilines is 1. The van der Waals surface area contributed by atoms with Crippen molar-refractivity contribution in [3.05, 3.63) is 59.7 Å². The van der Waals surface area contributed by atoms with E-state index in [1.807, 2.05) is 69.3 Å². The zero-order valence-electron chi connectivity index (χ0n) is 19.6. The highest BCUT2D eigenvalue weighted by molar-refractivity contribution is 5.92. The molecule has 0 heterocycles. The van der Waals surface area contributed by atoms with E-state index < -0.39 is 0 Å². The summed E-state index contributed by atoms with van der Waals surface area (Å²) in [6.45, 7) is 9.15. The third-order valence-electron chi connectivity index (χ3n) is 4.75. The molecule has 2 aromatic rings. The average Bonchev–Trinajstić information content (AvgIpc) is 2.81. The molecule has 1 amide bonds. The number of amides is 1. The van der Waals surface area contributed by atoms with Crippen molar-refractivity contribution in [1.82, 2.24) is 10.6 Å². The summed E-state index contributed by atoms with van der Waals surface area (Å²) < 4.78 is 10.6. The van der Waals surface area contributed by atoms with Gasteiger partial charge in [-0.15, -0.1) is 0 Å². The Kier molecular flexibility index (Phi) is 11.1. The molecule has 0 spiro atoms. The summed E-state index contributed by atoms with van der Waals surface area (Å²) in [5.74, 6) is 1.54. The van der Waals surface area contributed by atoms with Gasteiger partial charge < -0.3 is 25.4 Å². The number of guanidine groups is 1. The molecule has 0 unspecified atom stereocenters. The first-order chi connectivity index (χ1) is 15.5. The van der Waals surface area contributed by atoms with Gasteiger partial charge in [0.2, 0.25) is 5.91 Å². The van der Waals surface area contributed by atoms with Crippen LogP contribution in [0.25, 0.3) is 0 Å². The maximum Gasteiger partial charge on any atom is 0.226 e. The molecule has 174 valence electrons. The van der Waals surface area contributed by atoms with Crippen LogP contribution in [0.4, 0.5) is 5.69 Å². The van der Waals surface area contributed by atoms with E-state index in [9.17, 15) is 4.79 Å². The van der Waals surface area contributed by atoms with E-state index in [0.29, 0.717) is 13.1 Å². The van der Waals surface area contributed by atoms with Crippen molar-refractivity contribution in [2.45, 2.75) is 40.3 Å². The first-order valence-electron chi connectivity index (χ1n) is 11.1. The van der Waals surface area contributed by atoms with Crippen molar-refractivity contribution in [1.29, 1.82) is 0 Å². The van der Waals surface area contributed by atoms with Crippen LogP contribution in [-0.4, -0.2) is 38.7 Å². The van der Waals surface area contributed by atoms with Gasteiger partial charge >= 0.3 is 0 Å². The summed E-state index contributed by atoms with van der Waals surface area (Å²) in [5.41, 5.74) is 3.00. The lowest BCUT2D eigenvalue weighted by molar-refractivity contribution is -0.118. The van der Waals surface area contributed by atoms with Crippen LogP contribution in [0.15, 0.2) is 53.5 Å². The second-order valence-electron chi connectivity index (χ2n) is 7.68. The van der Waals surface area contributed by atoms with E-state index in [2.05, 4.69) is 16.0 Å². The molecule has 2 aromatic carbocycles. The number of nitrogens with one attached hydrogen (secondary N) is 3. The van der Waals surface area contributed by atoms with Gasteiger partial charge in [0.05, 0.1) is 13.7 Å². The zero-order chi connectivity index (χ0) is 23.2. The SMILES string of the molecule is CCOCCCNC(=NCc1ccc(OC)cc1)NCc1ccc(NC(=O)C(C)C)cc1. The van der Waals surface area contributed by atoms with Crippen LogP contribution >= 0.6 is 0 Å². The fourth-order valence-electron chi connectivity index (χ4n) is 2.78. The lowest BCUT2D eigenvalue weighted by Crippen LogP contribution is -2.37. The molecule has 0 fully saturated rings. The summed E-state index contributed by atoms with van der Waals surface area (Å²) in [7, 11) is 1.66. The van der Waals surface area contributed by atoms with Crippen LogP contribution in [0, 0.1) is 5.92 Å². The summed E-state index contributed by atoms with van der Waals surface area (Å²) in [6, 6.07) is 15.7. The number of hydrogen-bond acceptors (Lipinski definition) is 4. The second-order valence-corrected chi connectivity index (χ2v) is 7.68. The molecule has 3 N–H and O–H groups in total. The second kappa shape index (κ2) is 14.1. The molecule has 0 radical (unpaired) electrons. The van der Waals surface area contributed by atoms with E-state index in [4.69, 9.17) is 14.5 Å². The average molecular weight is 441 g/mol. The first-order valence-corrected chi connectivity index (χ1v) is 11.1. The molecule has 7 nitrogen and oxygen atoms in total. The van der Waals surface area contributed by atoms with E-state index in [1.54, 1.807) is 7.11 Å². The maximum atomic E-state index is 11.8. The van der Waals surface area contributed by atoms with Crippen molar-refractivity contribution in [3.63, 3.8) is 0 Å². The summed E-state index contributed by atoms with van der Waals surface area (Å²) in [4.78, 5) is 16.6. The zero-order valence-corrected chi connectivity index (χ0v) is 19.6. The van der Waals surface area contributed by atoms with E-state index >= 15 is 0 Å². The van der Waals surface area contributed by atoms with Gasteiger partial charge in [-0.25, -0.2) is 4.99 Å². The third-order valence-corrected chi connectivity index (χ3v) is 4.75. The predicted octanol–water partition coefficient (Wildman–Crippen LogP) is 3.95. The van der Waals surface area contributed by atoms with Crippen LogP contribution in [0.3, 0.4) is 0 Å². The van der Waals surface area contributed by atoms with Gasteiger partial charge in [-0.05, 0) is 48.7 Å². The lowest BCUT2D eigenvalue weighted by atomic mass is 10.1. The van der Waals surface area contributed by atoms with Crippen LogP contribution in [0.1, 0.15) is 38.3 Å². The van der Waals surface area contributed by atoms with Crippen molar-refractivity contribution < 1.29 is 14.3 Å². The van der Waals surface area contributed by atoms with Gasteiger partial charge in [-0.1, -0.05) is 38.1 Å². The molecule has 0 aliphatic heterocycles. The number of hydrogen-bond donors (Lipinski definition) is 3. The lowest BCUT2D eigenvalue weighted by Gasteiger charge is -2.14. The van der Waals surface area contributed by atoms with Crippen molar-refractivity contribution in [3.8, 4) is 5.75 Å². The molecule has 32 heavy (non-hydrogen) atoms. The Hall–Kier alpha value is -3.06. The fraction of sp³-hybridized carbons (Fsp3) is 0.440. The molecule has 2 rings (SSSR count). The Morgan fingerprint density at radius 1 is 1.00 bits per heavy atom. The Balaban J connectivity index is 1.94. The molecule has 0 bridgehead atoms. The largest absolute Gasteiger partial charge is 0.497 e. The van der Waals surface area contributed by atoms with Gasteiger partial charge in [0, 0.05) is 37.9 Å². The summed E-state index contributed by atoms with van der Waals surface area (Å²) >= 11 is 0. The van der Waals surface area contributed by atoms with Crippen LogP contribution < -0.4 is 20.7 Å². The molecule has 0 saturated heterocycles. The van der Waals surface area contributed by atoms with Gasteiger partial charge in [-0.3, -0.25) is 4.79 Å². The normalized spacial score (nSPS) is 11.3. The summed E-state index contributed by atoms with van der Waals surface area (Å²) in [6.07, 6.45) is 0.904. The van der Waals surface area contributed by atoms with Gasteiger partial charge in [0.15, 0.2) is 5.96 Å². The Bertz CT molecular complexity index is 833. The Morgan fingerprint density at radius 3 is 2.31 bits per heavy atom. The minimum atomic E-state index is -0.0467.